The Morgan fingerprint density at radius 1 is 1.39 bits per heavy atom. The molecule has 1 saturated heterocycles. The van der Waals surface area contributed by atoms with Gasteiger partial charge in [-0.2, -0.15) is 0 Å². The number of nitrogens with zero attached hydrogens (tertiary/aromatic N) is 2. The molecule has 0 saturated carbocycles. The van der Waals surface area contributed by atoms with Gasteiger partial charge in [0.2, 0.25) is 0 Å². The van der Waals surface area contributed by atoms with Gasteiger partial charge >= 0.3 is 0 Å². The highest BCUT2D eigenvalue weighted by Crippen LogP contribution is 2.35. The number of carboxylic acids is 1. The van der Waals surface area contributed by atoms with E-state index in [4.69, 9.17) is 12.2 Å². The summed E-state index contributed by atoms with van der Waals surface area (Å²) in [5.41, 5.74) is 1.95. The van der Waals surface area contributed by atoms with Crippen molar-refractivity contribution in [3.05, 3.63) is 40.9 Å². The monoisotopic (exact) mass is 345 g/mol. The molecule has 1 amide bonds. The van der Waals surface area contributed by atoms with Crippen molar-refractivity contribution in [2.75, 3.05) is 0 Å². The van der Waals surface area contributed by atoms with Crippen LogP contribution in [0.15, 0.2) is 35.4 Å². The molecule has 0 spiro atoms. The van der Waals surface area contributed by atoms with Gasteiger partial charge in [0.05, 0.1) is 16.9 Å². The fourth-order valence-electron chi connectivity index (χ4n) is 2.55. The van der Waals surface area contributed by atoms with Crippen LogP contribution in [-0.2, 0) is 16.6 Å². The number of carbonyl (C=O) groups excluding carboxylic acids is 2. The number of aryl methyl sites for hydroxylation is 1. The van der Waals surface area contributed by atoms with E-state index in [0.29, 0.717) is 4.91 Å². The number of aliphatic carboxylic acids is 1. The molecule has 118 valence electrons. The van der Waals surface area contributed by atoms with Crippen LogP contribution in [0.4, 0.5) is 0 Å². The van der Waals surface area contributed by atoms with Gasteiger partial charge in [-0.15, -0.1) is 0 Å². The molecule has 0 N–H and O–H groups in total. The lowest BCUT2D eigenvalue weighted by Gasteiger charge is -2.23. The van der Waals surface area contributed by atoms with Gasteiger partial charge in [0.25, 0.3) is 5.91 Å². The maximum absolute atomic E-state index is 12.5. The van der Waals surface area contributed by atoms with E-state index >= 15 is 0 Å². The van der Waals surface area contributed by atoms with Crippen LogP contribution >= 0.6 is 24.0 Å². The number of aromatic nitrogens is 1. The number of thioether (sulfide) groups is 1. The summed E-state index contributed by atoms with van der Waals surface area (Å²) in [6, 6.07) is 6.78. The highest BCUT2D eigenvalue weighted by atomic mass is 32.2. The van der Waals surface area contributed by atoms with E-state index in [9.17, 15) is 14.7 Å². The summed E-state index contributed by atoms with van der Waals surface area (Å²) in [5, 5.41) is 12.0. The van der Waals surface area contributed by atoms with E-state index in [2.05, 4.69) is 0 Å². The van der Waals surface area contributed by atoms with Crippen molar-refractivity contribution < 1.29 is 14.7 Å². The molecule has 1 aliphatic rings. The van der Waals surface area contributed by atoms with Gasteiger partial charge in [0.1, 0.15) is 4.32 Å². The molecule has 23 heavy (non-hydrogen) atoms. The molecule has 0 aliphatic carbocycles. The van der Waals surface area contributed by atoms with E-state index in [1.165, 1.54) is 6.92 Å². The first-order valence-corrected chi connectivity index (χ1v) is 8.14. The second-order valence-electron chi connectivity index (χ2n) is 5.26. The molecule has 0 radical (unpaired) electrons. The van der Waals surface area contributed by atoms with E-state index in [0.717, 1.165) is 33.1 Å². The lowest BCUT2D eigenvalue weighted by Crippen LogP contribution is -2.48. The predicted octanol–water partition coefficient (Wildman–Crippen LogP) is 1.52. The summed E-state index contributed by atoms with van der Waals surface area (Å²) >= 11 is 6.25. The molecule has 2 heterocycles. The largest absolute Gasteiger partial charge is 0.548 e. The minimum Gasteiger partial charge on any atom is -0.548 e. The normalized spacial score (nSPS) is 18.2. The zero-order valence-electron chi connectivity index (χ0n) is 12.5. The van der Waals surface area contributed by atoms with Gasteiger partial charge in [-0.3, -0.25) is 9.69 Å². The third-order valence-corrected chi connectivity index (χ3v) is 5.10. The minimum absolute atomic E-state index is 0.234. The number of carboxylic acid groups (broad SMARTS) is 1. The second kappa shape index (κ2) is 5.82. The quantitative estimate of drug-likeness (QED) is 0.623. The lowest BCUT2D eigenvalue weighted by atomic mass is 10.1. The van der Waals surface area contributed by atoms with E-state index in [-0.39, 0.29) is 4.32 Å². The maximum atomic E-state index is 12.5. The first-order valence-electron chi connectivity index (χ1n) is 6.92. The van der Waals surface area contributed by atoms with Crippen molar-refractivity contribution in [2.24, 2.45) is 7.05 Å². The predicted molar refractivity (Wildman–Crippen MR) is 92.4 cm³/mol. The van der Waals surface area contributed by atoms with E-state index < -0.39 is 17.9 Å². The van der Waals surface area contributed by atoms with Crippen molar-refractivity contribution in [1.82, 2.24) is 9.47 Å². The number of para-hydroxylation sites is 1. The number of carbonyl (C=O) groups is 2. The van der Waals surface area contributed by atoms with Gasteiger partial charge < -0.3 is 14.5 Å². The summed E-state index contributed by atoms with van der Waals surface area (Å²) in [5.74, 6) is -1.72. The molecule has 1 atom stereocenters. The Bertz CT molecular complexity index is 869. The van der Waals surface area contributed by atoms with Crippen LogP contribution in [0.5, 0.6) is 0 Å². The summed E-state index contributed by atoms with van der Waals surface area (Å²) in [6.45, 7) is 1.39. The standard InChI is InChI=1S/C16H14N2O3S2/c1-9(15(20)21)18-14(19)13(23-16(18)22)7-10-8-17(2)12-6-4-3-5-11(10)12/h3-9H,1-2H3,(H,20,21)/p-1/b13-7-/t9-/m1/s1. The number of thiocarbonyl (C=S) groups is 1. The molecule has 1 aromatic heterocycles. The van der Waals surface area contributed by atoms with Crippen LogP contribution in [0.1, 0.15) is 12.5 Å². The fourth-order valence-corrected chi connectivity index (χ4v) is 3.96. The van der Waals surface area contributed by atoms with Gasteiger partial charge in [0.15, 0.2) is 0 Å². The zero-order valence-corrected chi connectivity index (χ0v) is 14.1. The number of benzene rings is 1. The Kier molecular flexibility index (Phi) is 3.99. The van der Waals surface area contributed by atoms with Crippen LogP contribution in [0.2, 0.25) is 0 Å². The summed E-state index contributed by atoms with van der Waals surface area (Å²) in [6.07, 6.45) is 3.68. The molecule has 1 aromatic carbocycles. The second-order valence-corrected chi connectivity index (χ2v) is 6.93. The fraction of sp³-hybridized carbons (Fsp3) is 0.188. The van der Waals surface area contributed by atoms with Crippen molar-refractivity contribution in [1.29, 1.82) is 0 Å². The lowest BCUT2D eigenvalue weighted by molar-refractivity contribution is -0.309. The summed E-state index contributed by atoms with van der Waals surface area (Å²) in [4.78, 5) is 25.0. The molecule has 1 aliphatic heterocycles. The molecule has 3 rings (SSSR count). The average Bonchev–Trinajstić information content (AvgIpc) is 2.97. The molecular weight excluding hydrogens is 332 g/mol. The van der Waals surface area contributed by atoms with Gasteiger partial charge in [0, 0.05) is 29.7 Å². The third kappa shape index (κ3) is 2.66. The number of amides is 1. The minimum atomic E-state index is -1.33. The van der Waals surface area contributed by atoms with Crippen molar-refractivity contribution in [3.63, 3.8) is 0 Å². The van der Waals surface area contributed by atoms with Crippen LogP contribution in [-0.4, -0.2) is 31.7 Å². The highest BCUT2D eigenvalue weighted by molar-refractivity contribution is 8.26. The van der Waals surface area contributed by atoms with Crippen molar-refractivity contribution in [2.45, 2.75) is 13.0 Å². The molecule has 1 fully saturated rings. The molecule has 2 aromatic rings. The molecule has 0 unspecified atom stereocenters. The first kappa shape index (κ1) is 15.8. The van der Waals surface area contributed by atoms with Crippen LogP contribution in [0.25, 0.3) is 17.0 Å². The Hall–Kier alpha value is -2.12. The van der Waals surface area contributed by atoms with Gasteiger partial charge in [-0.25, -0.2) is 0 Å². The topological polar surface area (TPSA) is 65.4 Å². The molecule has 5 nitrogen and oxygen atoms in total. The number of hydrogen-bond donors (Lipinski definition) is 0. The molecule has 7 heteroatoms. The van der Waals surface area contributed by atoms with Crippen LogP contribution < -0.4 is 5.11 Å². The summed E-state index contributed by atoms with van der Waals surface area (Å²) < 4.78 is 2.21. The van der Waals surface area contributed by atoms with Gasteiger partial charge in [-0.1, -0.05) is 42.2 Å². The number of fused-ring (bicyclic) bond motifs is 1. The SMILES string of the molecule is C[C@H](C(=O)[O-])N1C(=O)/C(=C/c2cn(C)c3ccccc23)SC1=S. The Morgan fingerprint density at radius 3 is 2.78 bits per heavy atom. The van der Waals surface area contributed by atoms with Gasteiger partial charge in [-0.05, 0) is 19.1 Å². The average molecular weight is 345 g/mol. The summed E-state index contributed by atoms with van der Waals surface area (Å²) in [7, 11) is 1.93. The van der Waals surface area contributed by atoms with Crippen LogP contribution in [0.3, 0.4) is 0 Å². The smallest absolute Gasteiger partial charge is 0.266 e. The first-order chi connectivity index (χ1) is 10.9. The number of hydrogen-bond acceptors (Lipinski definition) is 5. The molecular formula is C16H13N2O3S2-. The molecule has 0 bridgehead atoms. The Morgan fingerprint density at radius 2 is 2.09 bits per heavy atom. The number of rotatable bonds is 3. The Balaban J connectivity index is 2.02. The zero-order chi connectivity index (χ0) is 16.7. The maximum Gasteiger partial charge on any atom is 0.266 e. The van der Waals surface area contributed by atoms with E-state index in [1.807, 2.05) is 42.1 Å². The van der Waals surface area contributed by atoms with Crippen LogP contribution in [0, 0.1) is 0 Å². The van der Waals surface area contributed by atoms with Crippen molar-refractivity contribution >= 4 is 57.2 Å². The van der Waals surface area contributed by atoms with Crippen molar-refractivity contribution in [3.8, 4) is 0 Å². The van der Waals surface area contributed by atoms with E-state index in [1.54, 1.807) is 6.08 Å². The Labute approximate surface area is 142 Å². The highest BCUT2D eigenvalue weighted by Gasteiger charge is 2.35. The third-order valence-electron chi connectivity index (χ3n) is 3.77.